The summed E-state index contributed by atoms with van der Waals surface area (Å²) in [5.41, 5.74) is 0.584. The minimum atomic E-state index is -0.706. The molecule has 1 atom stereocenters. The zero-order valence-corrected chi connectivity index (χ0v) is 10.7. The monoisotopic (exact) mass is 267 g/mol. The summed E-state index contributed by atoms with van der Waals surface area (Å²) in [6.07, 6.45) is 4.01. The minimum absolute atomic E-state index is 0.0316. The van der Waals surface area contributed by atoms with Gasteiger partial charge in [-0.05, 0) is 31.9 Å². The standard InChI is InChI=1S/C14H18FNO3/c15-12-13(17)9(7-10-3-1-2-4-16-10)8-11-14(12)19-6-5-18-11/h8,10,16-17H,1-7H2. The Morgan fingerprint density at radius 3 is 2.95 bits per heavy atom. The van der Waals surface area contributed by atoms with Crippen molar-refractivity contribution in [2.75, 3.05) is 19.8 Å². The van der Waals surface area contributed by atoms with Crippen molar-refractivity contribution >= 4 is 0 Å². The van der Waals surface area contributed by atoms with Crippen molar-refractivity contribution in [2.45, 2.75) is 31.7 Å². The number of benzene rings is 1. The van der Waals surface area contributed by atoms with E-state index in [-0.39, 0.29) is 11.5 Å². The number of hydrogen-bond donors (Lipinski definition) is 2. The van der Waals surface area contributed by atoms with Gasteiger partial charge in [0, 0.05) is 11.6 Å². The number of rotatable bonds is 2. The average Bonchev–Trinajstić information content (AvgIpc) is 2.46. The number of piperidine rings is 1. The van der Waals surface area contributed by atoms with Crippen LogP contribution in [0.5, 0.6) is 17.2 Å². The van der Waals surface area contributed by atoms with E-state index in [1.54, 1.807) is 6.07 Å². The molecule has 2 aliphatic rings. The number of fused-ring (bicyclic) bond motifs is 1. The second kappa shape index (κ2) is 5.25. The SMILES string of the molecule is Oc1c(CC2CCCCN2)cc2c(c1F)OCCO2. The third-order valence-corrected chi connectivity index (χ3v) is 3.71. The van der Waals surface area contributed by atoms with Gasteiger partial charge in [-0.3, -0.25) is 0 Å². The lowest BCUT2D eigenvalue weighted by atomic mass is 9.97. The van der Waals surface area contributed by atoms with E-state index in [9.17, 15) is 9.50 Å². The maximum absolute atomic E-state index is 14.0. The molecule has 1 fully saturated rings. The second-order valence-electron chi connectivity index (χ2n) is 5.07. The van der Waals surface area contributed by atoms with Crippen molar-refractivity contribution in [2.24, 2.45) is 0 Å². The molecule has 19 heavy (non-hydrogen) atoms. The highest BCUT2D eigenvalue weighted by Crippen LogP contribution is 2.40. The smallest absolute Gasteiger partial charge is 0.210 e. The Labute approximate surface area is 111 Å². The Kier molecular flexibility index (Phi) is 3.46. The van der Waals surface area contributed by atoms with Gasteiger partial charge in [-0.1, -0.05) is 6.42 Å². The Bertz CT molecular complexity index is 472. The van der Waals surface area contributed by atoms with Gasteiger partial charge >= 0.3 is 0 Å². The van der Waals surface area contributed by atoms with E-state index in [0.29, 0.717) is 37.0 Å². The predicted molar refractivity (Wildman–Crippen MR) is 68.4 cm³/mol. The molecule has 5 heteroatoms. The highest BCUT2D eigenvalue weighted by atomic mass is 19.1. The number of aromatic hydroxyl groups is 1. The van der Waals surface area contributed by atoms with Crippen molar-refractivity contribution < 1.29 is 19.0 Å². The van der Waals surface area contributed by atoms with E-state index in [1.165, 1.54) is 12.8 Å². The number of hydrogen-bond acceptors (Lipinski definition) is 4. The Morgan fingerprint density at radius 1 is 1.32 bits per heavy atom. The molecule has 104 valence electrons. The lowest BCUT2D eigenvalue weighted by Gasteiger charge is -2.25. The van der Waals surface area contributed by atoms with Crippen LogP contribution in [0.3, 0.4) is 0 Å². The molecule has 2 heterocycles. The van der Waals surface area contributed by atoms with E-state index in [4.69, 9.17) is 9.47 Å². The molecule has 1 saturated heterocycles. The summed E-state index contributed by atoms with van der Waals surface area (Å²) in [5.74, 6) is -0.587. The molecule has 0 aliphatic carbocycles. The van der Waals surface area contributed by atoms with Crippen LogP contribution >= 0.6 is 0 Å². The third kappa shape index (κ3) is 2.47. The predicted octanol–water partition coefficient (Wildman–Crippen LogP) is 1.99. The maximum atomic E-state index is 14.0. The van der Waals surface area contributed by atoms with Crippen LogP contribution in [-0.4, -0.2) is 30.9 Å². The summed E-state index contributed by atoms with van der Waals surface area (Å²) in [6, 6.07) is 1.99. The van der Waals surface area contributed by atoms with E-state index in [2.05, 4.69) is 5.32 Å². The normalized spacial score (nSPS) is 22.3. The van der Waals surface area contributed by atoms with E-state index < -0.39 is 5.82 Å². The van der Waals surface area contributed by atoms with E-state index in [1.807, 2.05) is 0 Å². The first-order valence-electron chi connectivity index (χ1n) is 6.79. The zero-order valence-electron chi connectivity index (χ0n) is 10.7. The molecule has 0 bridgehead atoms. The summed E-state index contributed by atoms with van der Waals surface area (Å²) in [6.45, 7) is 1.71. The van der Waals surface area contributed by atoms with Gasteiger partial charge in [0.05, 0.1) is 0 Å². The van der Waals surface area contributed by atoms with Crippen molar-refractivity contribution in [3.8, 4) is 17.2 Å². The van der Waals surface area contributed by atoms with Gasteiger partial charge in [0.25, 0.3) is 0 Å². The number of ether oxygens (including phenoxy) is 2. The number of phenolic OH excluding ortho intramolecular Hbond substituents is 1. The Balaban J connectivity index is 1.86. The van der Waals surface area contributed by atoms with Crippen molar-refractivity contribution in [3.63, 3.8) is 0 Å². The van der Waals surface area contributed by atoms with Gasteiger partial charge < -0.3 is 19.9 Å². The van der Waals surface area contributed by atoms with Gasteiger partial charge in [-0.2, -0.15) is 4.39 Å². The van der Waals surface area contributed by atoms with Crippen LogP contribution in [0, 0.1) is 5.82 Å². The van der Waals surface area contributed by atoms with Crippen LogP contribution in [0.25, 0.3) is 0 Å². The van der Waals surface area contributed by atoms with Crippen molar-refractivity contribution in [1.82, 2.24) is 5.32 Å². The number of phenols is 1. The first-order chi connectivity index (χ1) is 9.25. The minimum Gasteiger partial charge on any atom is -0.505 e. The van der Waals surface area contributed by atoms with Crippen LogP contribution in [0.2, 0.25) is 0 Å². The maximum Gasteiger partial charge on any atom is 0.210 e. The lowest BCUT2D eigenvalue weighted by molar-refractivity contribution is 0.162. The van der Waals surface area contributed by atoms with Gasteiger partial charge in [0.15, 0.2) is 11.5 Å². The molecule has 4 nitrogen and oxygen atoms in total. The van der Waals surface area contributed by atoms with Gasteiger partial charge in [0.1, 0.15) is 13.2 Å². The molecule has 1 unspecified atom stereocenters. The molecule has 1 aromatic rings. The van der Waals surface area contributed by atoms with Crippen LogP contribution in [0.4, 0.5) is 4.39 Å². The van der Waals surface area contributed by atoms with Crippen molar-refractivity contribution in [3.05, 3.63) is 17.4 Å². The largest absolute Gasteiger partial charge is 0.505 e. The summed E-state index contributed by atoms with van der Waals surface area (Å²) >= 11 is 0. The Morgan fingerprint density at radius 2 is 2.16 bits per heavy atom. The highest BCUT2D eigenvalue weighted by Gasteiger charge is 2.24. The van der Waals surface area contributed by atoms with E-state index in [0.717, 1.165) is 13.0 Å². The van der Waals surface area contributed by atoms with Crippen LogP contribution < -0.4 is 14.8 Å². The molecule has 0 amide bonds. The number of nitrogens with one attached hydrogen (secondary N) is 1. The fourth-order valence-corrected chi connectivity index (χ4v) is 2.71. The first-order valence-corrected chi connectivity index (χ1v) is 6.79. The fraction of sp³-hybridized carbons (Fsp3) is 0.571. The molecule has 1 aromatic carbocycles. The van der Waals surface area contributed by atoms with Gasteiger partial charge in [-0.15, -0.1) is 0 Å². The second-order valence-corrected chi connectivity index (χ2v) is 5.07. The molecule has 0 saturated carbocycles. The molecule has 2 aliphatic heterocycles. The highest BCUT2D eigenvalue weighted by molar-refractivity contribution is 5.52. The molecule has 0 radical (unpaired) electrons. The van der Waals surface area contributed by atoms with Crippen LogP contribution in [-0.2, 0) is 6.42 Å². The average molecular weight is 267 g/mol. The molecule has 0 spiro atoms. The summed E-state index contributed by atoms with van der Waals surface area (Å²) in [7, 11) is 0. The van der Waals surface area contributed by atoms with Gasteiger partial charge in [-0.25, -0.2) is 0 Å². The lowest BCUT2D eigenvalue weighted by Crippen LogP contribution is -2.35. The van der Waals surface area contributed by atoms with Crippen LogP contribution in [0.15, 0.2) is 6.07 Å². The summed E-state index contributed by atoms with van der Waals surface area (Å²) in [5, 5.41) is 13.3. The third-order valence-electron chi connectivity index (χ3n) is 3.71. The fourth-order valence-electron chi connectivity index (χ4n) is 2.71. The first kappa shape index (κ1) is 12.5. The van der Waals surface area contributed by atoms with Gasteiger partial charge in [0.2, 0.25) is 11.6 Å². The Hall–Kier alpha value is -1.49. The zero-order chi connectivity index (χ0) is 13.2. The molecule has 0 aromatic heterocycles. The van der Waals surface area contributed by atoms with E-state index >= 15 is 0 Å². The van der Waals surface area contributed by atoms with Crippen LogP contribution in [0.1, 0.15) is 24.8 Å². The molecule has 2 N–H and O–H groups in total. The quantitative estimate of drug-likeness (QED) is 0.860. The topological polar surface area (TPSA) is 50.7 Å². The molecule has 3 rings (SSSR count). The molecular weight excluding hydrogens is 249 g/mol. The summed E-state index contributed by atoms with van der Waals surface area (Å²) in [4.78, 5) is 0. The number of halogens is 1. The van der Waals surface area contributed by atoms with Crippen molar-refractivity contribution in [1.29, 1.82) is 0 Å². The summed E-state index contributed by atoms with van der Waals surface area (Å²) < 4.78 is 24.6. The molecular formula is C14H18FNO3.